The van der Waals surface area contributed by atoms with E-state index in [1.54, 1.807) is 18.0 Å². The summed E-state index contributed by atoms with van der Waals surface area (Å²) in [7, 11) is 3.56. The molecule has 0 saturated heterocycles. The van der Waals surface area contributed by atoms with Gasteiger partial charge in [-0.15, -0.1) is 0 Å². The Kier molecular flexibility index (Phi) is 5.11. The molecule has 0 N–H and O–H groups in total. The Bertz CT molecular complexity index is 762. The number of allylic oxidation sites excluding steroid dienone is 1. The van der Waals surface area contributed by atoms with Crippen LogP contribution < -0.4 is 4.74 Å². The highest BCUT2D eigenvalue weighted by Crippen LogP contribution is 2.27. The molecule has 1 aliphatic rings. The zero-order valence-corrected chi connectivity index (χ0v) is 14.1. The Morgan fingerprint density at radius 1 is 1.29 bits per heavy atom. The third-order valence-corrected chi connectivity index (χ3v) is 4.19. The fraction of sp³-hybridized carbons (Fsp3) is 0.368. The van der Waals surface area contributed by atoms with Crippen molar-refractivity contribution in [2.45, 2.75) is 19.3 Å². The predicted octanol–water partition coefficient (Wildman–Crippen LogP) is 3.05. The summed E-state index contributed by atoms with van der Waals surface area (Å²) in [5.74, 6) is 0.890. The normalized spacial score (nSPS) is 15.6. The van der Waals surface area contributed by atoms with Gasteiger partial charge in [0.1, 0.15) is 5.75 Å². The van der Waals surface area contributed by atoms with Gasteiger partial charge in [0.05, 0.1) is 18.4 Å². The van der Waals surface area contributed by atoms with Crippen LogP contribution in [-0.2, 0) is 18.2 Å². The van der Waals surface area contributed by atoms with Gasteiger partial charge in [0.15, 0.2) is 5.78 Å². The van der Waals surface area contributed by atoms with Crippen LogP contribution in [0.1, 0.15) is 34.5 Å². The molecule has 2 aromatic rings. The van der Waals surface area contributed by atoms with Crippen molar-refractivity contribution in [1.82, 2.24) is 9.78 Å². The van der Waals surface area contributed by atoms with Gasteiger partial charge in [-0.2, -0.15) is 5.10 Å². The summed E-state index contributed by atoms with van der Waals surface area (Å²) >= 11 is 0. The van der Waals surface area contributed by atoms with Gasteiger partial charge in [0, 0.05) is 38.5 Å². The standard InChI is InChI=1S/C19H22N2O3/c1-21-18-8-7-15(19(22)17(18)13-20-21)11-14-5-3-6-16(12-14)24-10-4-9-23-2/h3,5-6,11-13H,4,7-10H2,1-2H3/b15-11+. The number of carbonyl (C=O) groups is 1. The first-order valence-electron chi connectivity index (χ1n) is 8.17. The number of hydrogen-bond acceptors (Lipinski definition) is 4. The van der Waals surface area contributed by atoms with Crippen LogP contribution >= 0.6 is 0 Å². The number of aryl methyl sites for hydroxylation is 1. The monoisotopic (exact) mass is 326 g/mol. The molecule has 0 unspecified atom stereocenters. The number of methoxy groups -OCH3 is 1. The molecule has 1 aromatic heterocycles. The zero-order valence-electron chi connectivity index (χ0n) is 14.1. The molecule has 0 fully saturated rings. The predicted molar refractivity (Wildman–Crippen MR) is 92.3 cm³/mol. The highest BCUT2D eigenvalue weighted by molar-refractivity contribution is 6.12. The summed E-state index contributed by atoms with van der Waals surface area (Å²) < 4.78 is 12.5. The molecule has 0 bridgehead atoms. The van der Waals surface area contributed by atoms with Crippen LogP contribution in [0.5, 0.6) is 5.75 Å². The highest BCUT2D eigenvalue weighted by Gasteiger charge is 2.24. The Hall–Kier alpha value is -2.40. The number of fused-ring (bicyclic) bond motifs is 1. The number of ketones is 1. The van der Waals surface area contributed by atoms with Crippen LogP contribution in [0, 0.1) is 0 Å². The number of hydrogen-bond donors (Lipinski definition) is 0. The lowest BCUT2D eigenvalue weighted by Gasteiger charge is -2.14. The Labute approximate surface area is 141 Å². The molecule has 1 heterocycles. The molecular formula is C19H22N2O3. The summed E-state index contributed by atoms with van der Waals surface area (Å²) in [6.07, 6.45) is 6.06. The molecule has 0 radical (unpaired) electrons. The van der Waals surface area contributed by atoms with E-state index in [-0.39, 0.29) is 5.78 Å². The van der Waals surface area contributed by atoms with Crippen molar-refractivity contribution in [3.05, 3.63) is 52.9 Å². The van der Waals surface area contributed by atoms with E-state index in [1.165, 1.54) is 0 Å². The van der Waals surface area contributed by atoms with Crippen molar-refractivity contribution < 1.29 is 14.3 Å². The average molecular weight is 326 g/mol. The van der Waals surface area contributed by atoms with Gasteiger partial charge < -0.3 is 9.47 Å². The van der Waals surface area contributed by atoms with Gasteiger partial charge in [-0.05, 0) is 36.6 Å². The number of rotatable bonds is 6. The number of benzene rings is 1. The number of carbonyl (C=O) groups excluding carboxylic acids is 1. The van der Waals surface area contributed by atoms with Crippen molar-refractivity contribution >= 4 is 11.9 Å². The van der Waals surface area contributed by atoms with Crippen molar-refractivity contribution in [3.63, 3.8) is 0 Å². The van der Waals surface area contributed by atoms with Gasteiger partial charge in [-0.25, -0.2) is 0 Å². The summed E-state index contributed by atoms with van der Waals surface area (Å²) in [4.78, 5) is 12.6. The second-order valence-electron chi connectivity index (χ2n) is 5.89. The smallest absolute Gasteiger partial charge is 0.192 e. The number of Topliss-reactive ketones (excluding diaryl/α,β-unsaturated/α-hetero) is 1. The van der Waals surface area contributed by atoms with Crippen LogP contribution in [0.3, 0.4) is 0 Å². The third-order valence-electron chi connectivity index (χ3n) is 4.19. The van der Waals surface area contributed by atoms with E-state index < -0.39 is 0 Å². The molecular weight excluding hydrogens is 304 g/mol. The van der Waals surface area contributed by atoms with E-state index in [4.69, 9.17) is 9.47 Å². The van der Waals surface area contributed by atoms with Gasteiger partial charge in [0.2, 0.25) is 0 Å². The van der Waals surface area contributed by atoms with Crippen molar-refractivity contribution in [1.29, 1.82) is 0 Å². The van der Waals surface area contributed by atoms with Crippen LogP contribution in [0.15, 0.2) is 36.0 Å². The first-order valence-corrected chi connectivity index (χ1v) is 8.17. The van der Waals surface area contributed by atoms with E-state index in [0.29, 0.717) is 13.2 Å². The number of aromatic nitrogens is 2. The third kappa shape index (κ3) is 3.57. The molecule has 0 aliphatic heterocycles. The quantitative estimate of drug-likeness (QED) is 0.605. The topological polar surface area (TPSA) is 53.4 Å². The van der Waals surface area contributed by atoms with Gasteiger partial charge in [-0.1, -0.05) is 12.1 Å². The van der Waals surface area contributed by atoms with Crippen molar-refractivity contribution in [2.75, 3.05) is 20.3 Å². The zero-order chi connectivity index (χ0) is 16.9. The number of nitrogens with zero attached hydrogens (tertiary/aromatic N) is 2. The SMILES string of the molecule is COCCCOc1cccc(/C=C2\CCc3c(cnn3C)C2=O)c1. The summed E-state index contributed by atoms with van der Waals surface area (Å²) in [6.45, 7) is 1.30. The molecule has 0 saturated carbocycles. The summed E-state index contributed by atoms with van der Waals surface area (Å²) in [5.41, 5.74) is 3.55. The second-order valence-corrected chi connectivity index (χ2v) is 5.89. The van der Waals surface area contributed by atoms with Crippen molar-refractivity contribution in [3.8, 4) is 5.75 Å². The van der Waals surface area contributed by atoms with Crippen LogP contribution in [-0.4, -0.2) is 35.9 Å². The maximum atomic E-state index is 12.6. The summed E-state index contributed by atoms with van der Waals surface area (Å²) in [5, 5.41) is 4.19. The molecule has 0 atom stereocenters. The van der Waals surface area contributed by atoms with E-state index in [9.17, 15) is 4.79 Å². The Morgan fingerprint density at radius 2 is 2.17 bits per heavy atom. The van der Waals surface area contributed by atoms with Crippen LogP contribution in [0.4, 0.5) is 0 Å². The molecule has 126 valence electrons. The van der Waals surface area contributed by atoms with E-state index in [1.807, 2.05) is 37.4 Å². The van der Waals surface area contributed by atoms with Crippen LogP contribution in [0.2, 0.25) is 0 Å². The minimum Gasteiger partial charge on any atom is -0.493 e. The van der Waals surface area contributed by atoms with E-state index in [2.05, 4.69) is 5.10 Å². The maximum Gasteiger partial charge on any atom is 0.192 e. The molecule has 1 aromatic carbocycles. The molecule has 24 heavy (non-hydrogen) atoms. The molecule has 5 nitrogen and oxygen atoms in total. The molecule has 0 spiro atoms. The Balaban J connectivity index is 1.73. The molecule has 5 heteroatoms. The highest BCUT2D eigenvalue weighted by atomic mass is 16.5. The van der Waals surface area contributed by atoms with E-state index in [0.717, 1.165) is 47.4 Å². The van der Waals surface area contributed by atoms with Gasteiger partial charge >= 0.3 is 0 Å². The Morgan fingerprint density at radius 3 is 3.00 bits per heavy atom. The lowest BCUT2D eigenvalue weighted by molar-refractivity contribution is 0.102. The molecule has 0 amide bonds. The second kappa shape index (κ2) is 7.45. The lowest BCUT2D eigenvalue weighted by atomic mass is 9.90. The minimum atomic E-state index is 0.0794. The lowest BCUT2D eigenvalue weighted by Crippen LogP contribution is -2.14. The van der Waals surface area contributed by atoms with Gasteiger partial charge in [0.25, 0.3) is 0 Å². The van der Waals surface area contributed by atoms with Crippen LogP contribution in [0.25, 0.3) is 6.08 Å². The van der Waals surface area contributed by atoms with Gasteiger partial charge in [-0.3, -0.25) is 9.48 Å². The molecule has 3 rings (SSSR count). The first-order chi connectivity index (χ1) is 11.7. The number of ether oxygens (including phenoxy) is 2. The van der Waals surface area contributed by atoms with E-state index >= 15 is 0 Å². The molecule has 1 aliphatic carbocycles. The average Bonchev–Trinajstić information content (AvgIpc) is 2.97. The minimum absolute atomic E-state index is 0.0794. The largest absolute Gasteiger partial charge is 0.493 e. The maximum absolute atomic E-state index is 12.6. The first kappa shape index (κ1) is 16.5. The summed E-state index contributed by atoms with van der Waals surface area (Å²) in [6, 6.07) is 7.82. The fourth-order valence-corrected chi connectivity index (χ4v) is 2.91. The fourth-order valence-electron chi connectivity index (χ4n) is 2.91. The van der Waals surface area contributed by atoms with Crippen molar-refractivity contribution in [2.24, 2.45) is 7.05 Å².